The molecule has 0 heterocycles. The number of aliphatic hydroxyl groups is 3. The Bertz CT molecular complexity index is 2010. The lowest BCUT2D eigenvalue weighted by molar-refractivity contribution is -0.152. The van der Waals surface area contributed by atoms with Crippen molar-refractivity contribution in [3.63, 3.8) is 0 Å². The highest BCUT2D eigenvalue weighted by Crippen LogP contribution is 2.16. The minimum atomic E-state index is -1.15. The molecule has 6 N–H and O–H groups in total. The Labute approximate surface area is 491 Å². The Kier molecular flexibility index (Phi) is 38.3. The van der Waals surface area contributed by atoms with Crippen LogP contribution < -0.4 is 11.1 Å². The maximum Gasteiger partial charge on any atom is 0.242 e. The molecule has 10 amide bonds. The summed E-state index contributed by atoms with van der Waals surface area (Å²) in [5.74, 6) is -6.04. The van der Waals surface area contributed by atoms with Gasteiger partial charge in [0.1, 0.15) is 32.7 Å². The zero-order valence-electron chi connectivity index (χ0n) is 52.4. The second kappa shape index (κ2) is 39.9. The fourth-order valence-corrected chi connectivity index (χ4v) is 8.63. The minimum absolute atomic E-state index is 0. The van der Waals surface area contributed by atoms with E-state index in [9.17, 15) is 63.3 Å². The van der Waals surface area contributed by atoms with Crippen molar-refractivity contribution in [3.8, 4) is 0 Å². The van der Waals surface area contributed by atoms with Crippen LogP contribution in [-0.2, 0) is 47.9 Å². The van der Waals surface area contributed by atoms with Gasteiger partial charge in [0.15, 0.2) is 0 Å². The summed E-state index contributed by atoms with van der Waals surface area (Å²) in [5.41, 5.74) is 5.45. The van der Waals surface area contributed by atoms with Crippen molar-refractivity contribution >= 4 is 59.1 Å². The molecular formula is C58H111N11O13. The number of carbonyl (C=O) groups is 10. The van der Waals surface area contributed by atoms with Crippen molar-refractivity contribution < 1.29 is 63.3 Å². The van der Waals surface area contributed by atoms with Crippen LogP contribution in [0.15, 0.2) is 0 Å². The summed E-state index contributed by atoms with van der Waals surface area (Å²) in [5, 5.41) is 34.8. The topological polar surface area (TPSA) is 299 Å². The van der Waals surface area contributed by atoms with Crippen LogP contribution in [0.3, 0.4) is 0 Å². The van der Waals surface area contributed by atoms with E-state index in [4.69, 9.17) is 5.73 Å². The molecule has 0 saturated heterocycles. The normalized spacial score (nSPS) is 14.8. The monoisotopic (exact) mass is 1170 g/mol. The van der Waals surface area contributed by atoms with Crippen molar-refractivity contribution in [3.05, 3.63) is 0 Å². The van der Waals surface area contributed by atoms with Gasteiger partial charge in [0.05, 0.1) is 51.0 Å². The van der Waals surface area contributed by atoms with Crippen LogP contribution in [0.1, 0.15) is 170 Å². The minimum Gasteiger partial charge on any atom is -0.392 e. The number of aliphatic hydroxyl groups excluding tert-OH is 3. The van der Waals surface area contributed by atoms with E-state index >= 15 is 0 Å². The number of nitrogens with two attached hydrogens (primary N) is 1. The van der Waals surface area contributed by atoms with Gasteiger partial charge in [0.2, 0.25) is 59.1 Å². The summed E-state index contributed by atoms with van der Waals surface area (Å²) in [4.78, 5) is 150. The Hall–Kier alpha value is -5.46. The Morgan fingerprint density at radius 3 is 0.768 bits per heavy atom. The third-order valence-corrected chi connectivity index (χ3v) is 15.2. The molecule has 0 aromatic rings. The van der Waals surface area contributed by atoms with E-state index in [1.165, 1.54) is 55.1 Å². The van der Waals surface area contributed by atoms with Gasteiger partial charge in [0.25, 0.3) is 0 Å². The summed E-state index contributed by atoms with van der Waals surface area (Å²) >= 11 is 0. The van der Waals surface area contributed by atoms with E-state index in [2.05, 4.69) is 5.32 Å². The summed E-state index contributed by atoms with van der Waals surface area (Å²) in [6.45, 7) is 24.4. The first-order chi connectivity index (χ1) is 37.8. The highest BCUT2D eigenvalue weighted by molar-refractivity contribution is 5.94. The van der Waals surface area contributed by atoms with E-state index in [1.54, 1.807) is 41.5 Å². The molecule has 0 rings (SSSR count). The highest BCUT2D eigenvalue weighted by Gasteiger charge is 2.36. The molecule has 0 aromatic carbocycles. The Balaban J connectivity index is 0. The molecule has 0 spiro atoms. The van der Waals surface area contributed by atoms with E-state index in [0.717, 1.165) is 16.2 Å². The zero-order valence-corrected chi connectivity index (χ0v) is 52.4. The van der Waals surface area contributed by atoms with Gasteiger partial charge in [-0.15, -0.1) is 0 Å². The molecule has 10 atom stereocenters. The number of rotatable bonds is 40. The van der Waals surface area contributed by atoms with Crippen molar-refractivity contribution in [1.82, 2.24) is 49.4 Å². The number of hydrogen-bond acceptors (Lipinski definition) is 14. The van der Waals surface area contributed by atoms with Crippen molar-refractivity contribution in [1.29, 1.82) is 0 Å². The van der Waals surface area contributed by atoms with Crippen molar-refractivity contribution in [2.24, 2.45) is 5.73 Å². The molecule has 476 valence electrons. The first-order valence-electron chi connectivity index (χ1n) is 29.4. The summed E-state index contributed by atoms with van der Waals surface area (Å²) in [7, 11) is 0. The van der Waals surface area contributed by atoms with Crippen LogP contribution in [0.5, 0.6) is 0 Å². The van der Waals surface area contributed by atoms with Crippen LogP contribution >= 0.6 is 0 Å². The second-order valence-corrected chi connectivity index (χ2v) is 22.2. The highest BCUT2D eigenvalue weighted by atomic mass is 16.3. The van der Waals surface area contributed by atoms with E-state index in [-0.39, 0.29) is 70.7 Å². The summed E-state index contributed by atoms with van der Waals surface area (Å²) in [6.07, 6.45) is 0.171. The number of nitrogens with one attached hydrogen (secondary N) is 1. The smallest absolute Gasteiger partial charge is 0.242 e. The number of amides is 10. The maximum absolute atomic E-state index is 14.6. The van der Waals surface area contributed by atoms with Gasteiger partial charge in [-0.1, -0.05) is 55.9 Å². The van der Waals surface area contributed by atoms with E-state index < -0.39 is 141 Å². The SMILES string of the molecule is C.CCC(C)NCC(=O)N(CC(=O)N(CC(=O)N(CC(=O)N(CC(=O)N(CC(=O)N(CC(=O)N(CC(=O)N(CC(=O)N(CC(N)=O)C(C)CC)C(C)CC)CC(C)O)CC(C)O)C(C)CC)C(C)CC)C(C)CC)CC(C)O)C(C)CC. The number of nitrogens with zero attached hydrogens (tertiary/aromatic N) is 9. The van der Waals surface area contributed by atoms with Crippen molar-refractivity contribution in [2.45, 2.75) is 231 Å². The predicted molar refractivity (Wildman–Crippen MR) is 317 cm³/mol. The maximum atomic E-state index is 14.6. The third-order valence-electron chi connectivity index (χ3n) is 15.2. The summed E-state index contributed by atoms with van der Waals surface area (Å²) in [6, 6.07) is -2.72. The molecule has 0 fully saturated rings. The van der Waals surface area contributed by atoms with Crippen LogP contribution in [0.25, 0.3) is 0 Å². The molecule has 0 saturated carbocycles. The fourth-order valence-electron chi connectivity index (χ4n) is 8.63. The molecular weight excluding hydrogens is 1060 g/mol. The average molecular weight is 1170 g/mol. The van der Waals surface area contributed by atoms with E-state index in [1.807, 2.05) is 55.4 Å². The van der Waals surface area contributed by atoms with Crippen LogP contribution in [-0.4, -0.2) is 264 Å². The van der Waals surface area contributed by atoms with Gasteiger partial charge in [0, 0.05) is 61.9 Å². The molecule has 0 aliphatic rings. The van der Waals surface area contributed by atoms with Gasteiger partial charge in [-0.05, 0) is 114 Å². The second-order valence-electron chi connectivity index (χ2n) is 22.2. The molecule has 0 bridgehead atoms. The third kappa shape index (κ3) is 27.3. The van der Waals surface area contributed by atoms with Gasteiger partial charge >= 0.3 is 0 Å². The molecule has 0 aliphatic carbocycles. The molecule has 10 unspecified atom stereocenters. The van der Waals surface area contributed by atoms with Gasteiger partial charge in [-0.25, -0.2) is 0 Å². The lowest BCUT2D eigenvalue weighted by Gasteiger charge is -2.37. The van der Waals surface area contributed by atoms with Crippen LogP contribution in [0.2, 0.25) is 0 Å². The molecule has 24 nitrogen and oxygen atoms in total. The van der Waals surface area contributed by atoms with Crippen LogP contribution in [0.4, 0.5) is 0 Å². The average Bonchev–Trinajstić information content (AvgIpc) is 3.42. The number of carbonyl (C=O) groups excluding carboxylic acids is 10. The quantitative estimate of drug-likeness (QED) is 0.0586. The number of hydrogen-bond donors (Lipinski definition) is 5. The molecule has 0 radical (unpaired) electrons. The first kappa shape index (κ1) is 78.6. The van der Waals surface area contributed by atoms with Crippen LogP contribution in [0, 0.1) is 0 Å². The standard InChI is InChI=1S/C57H107N11O13.CH4/c1-18-38(8)59-25-49(73)64(40(10)20-3)33-51(75)62(28-47(17)71)32-54(78)67(43(13)23-6)36-57(81)68(44(14)24-7)37-56(80)65(41(11)21-4)34-52(76)60(26-45(15)69)30-50(74)61(27-46(16)70)31-53(77)66(42(12)22-5)35-55(79)63(29-48(58)72)39(9)19-2;/h38-47,59,69-71H,18-37H2,1-17H3,(H2,58,72);1H4. The molecule has 24 heteroatoms. The van der Waals surface area contributed by atoms with Gasteiger partial charge in [-0.2, -0.15) is 0 Å². The van der Waals surface area contributed by atoms with E-state index in [0.29, 0.717) is 38.5 Å². The van der Waals surface area contributed by atoms with Gasteiger partial charge in [-0.3, -0.25) is 47.9 Å². The predicted octanol–water partition coefficient (Wildman–Crippen LogP) is 1.89. The number of primary amides is 1. The zero-order chi connectivity index (χ0) is 62.6. The largest absolute Gasteiger partial charge is 0.392 e. The lowest BCUT2D eigenvalue weighted by atomic mass is 10.1. The fraction of sp³-hybridized carbons (Fsp3) is 0.828. The Morgan fingerprint density at radius 1 is 0.329 bits per heavy atom. The summed E-state index contributed by atoms with van der Waals surface area (Å²) < 4.78 is 0. The van der Waals surface area contributed by atoms with Crippen molar-refractivity contribution in [2.75, 3.05) is 85.1 Å². The first-order valence-corrected chi connectivity index (χ1v) is 29.4. The molecule has 0 aliphatic heterocycles. The Morgan fingerprint density at radius 2 is 0.537 bits per heavy atom. The lowest BCUT2D eigenvalue weighted by Crippen LogP contribution is -2.56. The molecule has 82 heavy (non-hydrogen) atoms. The molecule has 0 aromatic heterocycles. The van der Waals surface area contributed by atoms with Gasteiger partial charge < -0.3 is 70.5 Å².